The van der Waals surface area contributed by atoms with E-state index in [-0.39, 0.29) is 12.0 Å². The van der Waals surface area contributed by atoms with Crippen molar-refractivity contribution in [2.45, 2.75) is 26.3 Å². The van der Waals surface area contributed by atoms with Crippen LogP contribution in [0.1, 0.15) is 20.3 Å². The smallest absolute Gasteiger partial charge is 0.323 e. The van der Waals surface area contributed by atoms with Gasteiger partial charge in [0.25, 0.3) is 0 Å². The summed E-state index contributed by atoms with van der Waals surface area (Å²) in [7, 11) is 1.43. The van der Waals surface area contributed by atoms with Crippen molar-refractivity contribution < 1.29 is 9.53 Å². The number of carbonyl (C=O) groups excluding carboxylic acids is 1. The summed E-state index contributed by atoms with van der Waals surface area (Å²) in [5.74, 6) is 1.67. The molecule has 1 unspecified atom stereocenters. The lowest BCUT2D eigenvalue weighted by Crippen LogP contribution is -2.40. The Kier molecular flexibility index (Phi) is 8.24. The molecule has 0 amide bonds. The lowest BCUT2D eigenvalue weighted by molar-refractivity contribution is -0.142. The molecule has 3 nitrogen and oxygen atoms in total. The number of methoxy groups -OCH3 is 1. The van der Waals surface area contributed by atoms with E-state index >= 15 is 0 Å². The van der Waals surface area contributed by atoms with Crippen molar-refractivity contribution in [3.8, 4) is 0 Å². The summed E-state index contributed by atoms with van der Waals surface area (Å²) in [6.07, 6.45) is 1.03. The maximum absolute atomic E-state index is 11.2. The summed E-state index contributed by atoms with van der Waals surface area (Å²) in [4.78, 5) is 11.2. The third-order valence-electron chi connectivity index (χ3n) is 1.62. The second-order valence-electron chi connectivity index (χ2n) is 2.69. The first-order chi connectivity index (χ1) is 6.26. The molecule has 0 aliphatic heterocycles. The minimum atomic E-state index is -0.158. The van der Waals surface area contributed by atoms with E-state index in [1.807, 2.05) is 0 Å². The zero-order chi connectivity index (χ0) is 10.1. The Balaban J connectivity index is 3.79. The average molecular weight is 205 g/mol. The highest BCUT2D eigenvalue weighted by Crippen LogP contribution is 2.03. The van der Waals surface area contributed by atoms with Gasteiger partial charge in [0.05, 0.1) is 7.11 Å². The third-order valence-corrected chi connectivity index (χ3v) is 2.59. The normalized spacial score (nSPS) is 12.5. The van der Waals surface area contributed by atoms with E-state index in [1.54, 1.807) is 11.8 Å². The fourth-order valence-electron chi connectivity index (χ4n) is 0.907. The lowest BCUT2D eigenvalue weighted by atomic mass is 10.3. The van der Waals surface area contributed by atoms with E-state index in [4.69, 9.17) is 4.74 Å². The minimum absolute atomic E-state index is 0.144. The van der Waals surface area contributed by atoms with Crippen molar-refractivity contribution in [3.05, 3.63) is 0 Å². The summed E-state index contributed by atoms with van der Waals surface area (Å²) in [6, 6.07) is -0.144. The van der Waals surface area contributed by atoms with Crippen LogP contribution in [-0.4, -0.2) is 37.2 Å². The van der Waals surface area contributed by atoms with Crippen LogP contribution in [-0.2, 0) is 9.53 Å². The van der Waals surface area contributed by atoms with Gasteiger partial charge in [0.15, 0.2) is 0 Å². The monoisotopic (exact) mass is 205 g/mol. The van der Waals surface area contributed by atoms with Crippen LogP contribution in [0.4, 0.5) is 0 Å². The summed E-state index contributed by atoms with van der Waals surface area (Å²) in [6.45, 7) is 5.02. The number of carbonyl (C=O) groups is 1. The Morgan fingerprint density at radius 3 is 2.69 bits per heavy atom. The number of nitrogens with one attached hydrogen (secondary N) is 1. The second-order valence-corrected chi connectivity index (χ2v) is 4.01. The highest BCUT2D eigenvalue weighted by Gasteiger charge is 2.16. The molecule has 0 spiro atoms. The molecule has 0 aromatic carbocycles. The summed E-state index contributed by atoms with van der Waals surface area (Å²) in [5.41, 5.74) is 0. The molecule has 0 fully saturated rings. The Labute approximate surface area is 84.6 Å². The van der Waals surface area contributed by atoms with Crippen LogP contribution in [0.2, 0.25) is 0 Å². The van der Waals surface area contributed by atoms with Crippen molar-refractivity contribution in [1.29, 1.82) is 0 Å². The van der Waals surface area contributed by atoms with Gasteiger partial charge in [-0.2, -0.15) is 11.8 Å². The van der Waals surface area contributed by atoms with Gasteiger partial charge >= 0.3 is 5.97 Å². The first-order valence-corrected chi connectivity index (χ1v) is 5.80. The van der Waals surface area contributed by atoms with Gasteiger partial charge in [0.2, 0.25) is 0 Å². The Bertz CT molecular complexity index is 134. The van der Waals surface area contributed by atoms with E-state index in [1.165, 1.54) is 7.11 Å². The molecule has 0 aromatic heterocycles. The van der Waals surface area contributed by atoms with Gasteiger partial charge in [-0.1, -0.05) is 13.8 Å². The maximum atomic E-state index is 11.2. The van der Waals surface area contributed by atoms with Gasteiger partial charge in [0.1, 0.15) is 6.04 Å². The number of rotatable bonds is 7. The molecule has 0 bridgehead atoms. The molecule has 1 N–H and O–H groups in total. The van der Waals surface area contributed by atoms with E-state index in [0.29, 0.717) is 0 Å². The van der Waals surface area contributed by atoms with Crippen LogP contribution < -0.4 is 5.32 Å². The van der Waals surface area contributed by atoms with Gasteiger partial charge in [-0.05, 0) is 18.7 Å². The molecule has 0 aliphatic rings. The van der Waals surface area contributed by atoms with Crippen molar-refractivity contribution in [2.75, 3.05) is 25.2 Å². The topological polar surface area (TPSA) is 38.3 Å². The molecule has 0 heterocycles. The maximum Gasteiger partial charge on any atom is 0.323 e. The first-order valence-electron chi connectivity index (χ1n) is 4.65. The molecule has 0 saturated heterocycles. The number of thioether (sulfide) groups is 1. The Morgan fingerprint density at radius 2 is 2.23 bits per heavy atom. The largest absolute Gasteiger partial charge is 0.468 e. The molecule has 0 rings (SSSR count). The molecular weight excluding hydrogens is 186 g/mol. The van der Waals surface area contributed by atoms with Crippen LogP contribution in [0.15, 0.2) is 0 Å². The third kappa shape index (κ3) is 5.93. The van der Waals surface area contributed by atoms with Crippen LogP contribution >= 0.6 is 11.8 Å². The van der Waals surface area contributed by atoms with E-state index in [0.717, 1.165) is 24.5 Å². The second kappa shape index (κ2) is 8.38. The van der Waals surface area contributed by atoms with Crippen molar-refractivity contribution in [3.63, 3.8) is 0 Å². The van der Waals surface area contributed by atoms with Gasteiger partial charge in [-0.15, -0.1) is 0 Å². The van der Waals surface area contributed by atoms with E-state index in [2.05, 4.69) is 19.2 Å². The van der Waals surface area contributed by atoms with Gasteiger partial charge in [-0.25, -0.2) is 0 Å². The first kappa shape index (κ1) is 12.8. The van der Waals surface area contributed by atoms with Crippen LogP contribution in [0.25, 0.3) is 0 Å². The summed E-state index contributed by atoms with van der Waals surface area (Å²) < 4.78 is 4.69. The molecule has 4 heteroatoms. The zero-order valence-corrected chi connectivity index (χ0v) is 9.45. The molecule has 78 valence electrons. The van der Waals surface area contributed by atoms with Crippen LogP contribution in [0.3, 0.4) is 0 Å². The van der Waals surface area contributed by atoms with Crippen molar-refractivity contribution in [2.24, 2.45) is 0 Å². The molecule has 0 aromatic rings. The highest BCUT2D eigenvalue weighted by atomic mass is 32.2. The molecule has 0 aliphatic carbocycles. The Morgan fingerprint density at radius 1 is 1.54 bits per heavy atom. The van der Waals surface area contributed by atoms with E-state index in [9.17, 15) is 4.79 Å². The molecule has 0 saturated carbocycles. The molecular formula is C9H19NO2S. The number of esters is 1. The predicted octanol–water partition coefficient (Wildman–Crippen LogP) is 1.28. The van der Waals surface area contributed by atoms with Crippen LogP contribution in [0.5, 0.6) is 0 Å². The van der Waals surface area contributed by atoms with Crippen LogP contribution in [0, 0.1) is 0 Å². The predicted molar refractivity (Wildman–Crippen MR) is 57.1 cm³/mol. The fraction of sp³-hybridized carbons (Fsp3) is 0.889. The standard InChI is InChI=1S/C9H19NO2S/c1-4-6-10-8(7-13-5-2)9(11)12-3/h8,10H,4-7H2,1-3H3. The molecule has 0 radical (unpaired) electrons. The fourth-order valence-corrected chi connectivity index (χ4v) is 1.63. The number of ether oxygens (including phenoxy) is 1. The highest BCUT2D eigenvalue weighted by molar-refractivity contribution is 7.99. The van der Waals surface area contributed by atoms with Gasteiger partial charge in [-0.3, -0.25) is 4.79 Å². The van der Waals surface area contributed by atoms with E-state index < -0.39 is 0 Å². The van der Waals surface area contributed by atoms with Gasteiger partial charge in [0, 0.05) is 5.75 Å². The van der Waals surface area contributed by atoms with Crippen molar-refractivity contribution in [1.82, 2.24) is 5.32 Å². The summed E-state index contributed by atoms with van der Waals surface area (Å²) >= 11 is 1.75. The summed E-state index contributed by atoms with van der Waals surface area (Å²) in [5, 5.41) is 3.16. The van der Waals surface area contributed by atoms with Crippen molar-refractivity contribution >= 4 is 17.7 Å². The Hall–Kier alpha value is -0.220. The molecule has 1 atom stereocenters. The number of hydrogen-bond donors (Lipinski definition) is 1. The lowest BCUT2D eigenvalue weighted by Gasteiger charge is -2.14. The zero-order valence-electron chi connectivity index (χ0n) is 8.63. The van der Waals surface area contributed by atoms with Gasteiger partial charge < -0.3 is 10.1 Å². The SMILES string of the molecule is CCCNC(CSCC)C(=O)OC. The number of hydrogen-bond acceptors (Lipinski definition) is 4. The average Bonchev–Trinajstić information content (AvgIpc) is 2.17. The quantitative estimate of drug-likeness (QED) is 0.635. The minimum Gasteiger partial charge on any atom is -0.468 e. The molecule has 13 heavy (non-hydrogen) atoms.